The summed E-state index contributed by atoms with van der Waals surface area (Å²) in [5.74, 6) is 0. The van der Waals surface area contributed by atoms with Crippen LogP contribution in [-0.2, 0) is 0 Å². The van der Waals surface area contributed by atoms with Gasteiger partial charge in [-0.2, -0.15) is 36.4 Å². The summed E-state index contributed by atoms with van der Waals surface area (Å²) in [6.07, 6.45) is -6.23. The Morgan fingerprint density at radius 3 is 1.31 bits per heavy atom. The molecule has 0 aliphatic heterocycles. The number of nitriles is 2. The van der Waals surface area contributed by atoms with Gasteiger partial charge in [0.05, 0.1) is 0 Å². The van der Waals surface area contributed by atoms with E-state index in [2.05, 4.69) is 0 Å². The van der Waals surface area contributed by atoms with Gasteiger partial charge in [0.15, 0.2) is 21.2 Å². The zero-order valence-electron chi connectivity index (χ0n) is 5.57. The molecule has 9 heteroatoms. The van der Waals surface area contributed by atoms with Gasteiger partial charge in [0.1, 0.15) is 0 Å². The molecule has 0 aromatic heterocycles. The average molecular weight is 222 g/mol. The van der Waals surface area contributed by atoms with Gasteiger partial charge < -0.3 is 0 Å². The molecule has 0 N–H and O–H groups in total. The van der Waals surface area contributed by atoms with Gasteiger partial charge in [-0.05, 0) is 0 Å². The molecule has 0 saturated carbocycles. The van der Waals surface area contributed by atoms with Gasteiger partial charge in [-0.1, -0.05) is 0 Å². The Labute approximate surface area is 70.0 Å². The molecule has 2 nitrogen and oxygen atoms in total. The Morgan fingerprint density at radius 1 is 0.923 bits per heavy atom. The fourth-order valence-corrected chi connectivity index (χ4v) is 0.884. The van der Waals surface area contributed by atoms with Crippen LogP contribution < -0.4 is 0 Å². The standard InChI is InChI=1S/C4F6N2S/c5-3(6,7)4(8,9)13(10,1-11)2-12. The van der Waals surface area contributed by atoms with E-state index in [9.17, 15) is 25.8 Å². The molecule has 0 aliphatic rings. The number of nitrogens with zero attached hydrogens (tertiary/aromatic N) is 2. The molecule has 0 radical (unpaired) electrons. The molecule has 13 heavy (non-hydrogen) atoms. The molecule has 0 aromatic rings. The maximum Gasteiger partial charge on any atom is 0.467 e. The van der Waals surface area contributed by atoms with Crippen LogP contribution in [0, 0.1) is 21.3 Å². The number of hydrogen-bond donors (Lipinski definition) is 0. The third-order valence-electron chi connectivity index (χ3n) is 0.935. The molecular formula is C4F6N2S. The highest BCUT2D eigenvalue weighted by Gasteiger charge is 2.70. The molecule has 0 spiro atoms. The maximum atomic E-state index is 12.4. The first-order valence-electron chi connectivity index (χ1n) is 2.41. The van der Waals surface area contributed by atoms with Crippen molar-refractivity contribution in [3.05, 3.63) is 0 Å². The van der Waals surface area contributed by atoms with Crippen LogP contribution in [0.2, 0.25) is 0 Å². The quantitative estimate of drug-likeness (QED) is 0.505. The van der Waals surface area contributed by atoms with Crippen molar-refractivity contribution in [1.82, 2.24) is 0 Å². The van der Waals surface area contributed by atoms with Gasteiger partial charge in [0.2, 0.25) is 0 Å². The van der Waals surface area contributed by atoms with E-state index in [-0.39, 0.29) is 10.8 Å². The first-order valence-corrected chi connectivity index (χ1v) is 3.94. The second-order valence-electron chi connectivity index (χ2n) is 1.73. The molecule has 0 heterocycles. The number of hydrogen-bond acceptors (Lipinski definition) is 2. The Balaban J connectivity index is 5.32. The van der Waals surface area contributed by atoms with Gasteiger partial charge >= 0.3 is 11.4 Å². The van der Waals surface area contributed by atoms with Crippen LogP contribution in [0.25, 0.3) is 0 Å². The lowest BCUT2D eigenvalue weighted by Crippen LogP contribution is -2.38. The number of alkyl halides is 5. The van der Waals surface area contributed by atoms with Crippen molar-refractivity contribution in [2.24, 2.45) is 0 Å². The number of rotatable bonds is 1. The van der Waals surface area contributed by atoms with E-state index >= 15 is 0 Å². The van der Waals surface area contributed by atoms with Gasteiger partial charge in [0.25, 0.3) is 0 Å². The second kappa shape index (κ2) is 3.00. The second-order valence-corrected chi connectivity index (χ2v) is 3.69. The summed E-state index contributed by atoms with van der Waals surface area (Å²) < 4.78 is 70.9. The fourth-order valence-electron chi connectivity index (χ4n) is 0.295. The predicted octanol–water partition coefficient (Wildman–Crippen LogP) is 2.79. The highest BCUT2D eigenvalue weighted by Crippen LogP contribution is 2.66. The molecule has 0 rings (SSSR count). The molecule has 0 saturated heterocycles. The third kappa shape index (κ3) is 1.65. The molecule has 0 bridgehead atoms. The lowest BCUT2D eigenvalue weighted by Gasteiger charge is -2.26. The normalized spacial score (nSPS) is 14.5. The van der Waals surface area contributed by atoms with Crippen LogP contribution in [0.5, 0.6) is 0 Å². The summed E-state index contributed by atoms with van der Waals surface area (Å²) in [7, 11) is -5.80. The van der Waals surface area contributed by atoms with Crippen molar-refractivity contribution in [1.29, 1.82) is 10.5 Å². The summed E-state index contributed by atoms with van der Waals surface area (Å²) in [4.78, 5) is 0. The number of thiocyanates is 2. The molecular weight excluding hydrogens is 222 g/mol. The molecule has 0 aromatic carbocycles. The molecule has 0 unspecified atom stereocenters. The van der Waals surface area contributed by atoms with Crippen molar-refractivity contribution in [3.63, 3.8) is 0 Å². The average Bonchev–Trinajstić information content (AvgIpc) is 2.00. The molecule has 74 valence electrons. The van der Waals surface area contributed by atoms with E-state index in [0.717, 1.165) is 0 Å². The third-order valence-corrected chi connectivity index (χ3v) is 2.38. The van der Waals surface area contributed by atoms with E-state index < -0.39 is 21.8 Å². The lowest BCUT2D eigenvalue weighted by atomic mass is 10.7. The first-order chi connectivity index (χ1) is 5.62. The van der Waals surface area contributed by atoms with Gasteiger partial charge in [-0.25, -0.2) is 0 Å². The minimum atomic E-state index is -6.23. The highest BCUT2D eigenvalue weighted by molar-refractivity contribution is 8.37. The van der Waals surface area contributed by atoms with E-state index in [4.69, 9.17) is 10.5 Å². The summed E-state index contributed by atoms with van der Waals surface area (Å²) in [5, 5.41) is 9.60. The largest absolute Gasteiger partial charge is 0.467 e. The molecule has 0 atom stereocenters. The fraction of sp³-hybridized carbons (Fsp3) is 0.500. The summed E-state index contributed by atoms with van der Waals surface area (Å²) in [6, 6.07) is 0. The summed E-state index contributed by atoms with van der Waals surface area (Å²) in [6.45, 7) is 0. The van der Waals surface area contributed by atoms with Crippen molar-refractivity contribution < 1.29 is 25.8 Å². The zero-order valence-corrected chi connectivity index (χ0v) is 6.39. The topological polar surface area (TPSA) is 47.6 Å². The minimum Gasteiger partial charge on any atom is -0.183 e. The molecule has 0 amide bonds. The van der Waals surface area contributed by atoms with E-state index in [0.29, 0.717) is 0 Å². The summed E-state index contributed by atoms with van der Waals surface area (Å²) >= 11 is 0. The van der Waals surface area contributed by atoms with E-state index in [1.807, 2.05) is 0 Å². The van der Waals surface area contributed by atoms with Crippen molar-refractivity contribution in [2.45, 2.75) is 11.4 Å². The van der Waals surface area contributed by atoms with E-state index in [1.165, 1.54) is 0 Å². The predicted molar refractivity (Wildman–Crippen MR) is 30.9 cm³/mol. The van der Waals surface area contributed by atoms with Crippen LogP contribution in [-0.4, -0.2) is 11.4 Å². The molecule has 0 aliphatic carbocycles. The van der Waals surface area contributed by atoms with Crippen molar-refractivity contribution >= 4 is 10.4 Å². The Kier molecular flexibility index (Phi) is 2.75. The SMILES string of the molecule is N#CS(F)(C#N)C(F)(F)C(F)(F)F. The minimum absolute atomic E-state index is 0.0605. The highest BCUT2D eigenvalue weighted by atomic mass is 32.3. The van der Waals surface area contributed by atoms with Crippen molar-refractivity contribution in [3.8, 4) is 10.8 Å². The van der Waals surface area contributed by atoms with Gasteiger partial charge in [-0.3, -0.25) is 0 Å². The monoisotopic (exact) mass is 222 g/mol. The maximum absolute atomic E-state index is 12.4. The smallest absolute Gasteiger partial charge is 0.183 e. The van der Waals surface area contributed by atoms with Crippen LogP contribution in [0.4, 0.5) is 25.8 Å². The lowest BCUT2D eigenvalue weighted by molar-refractivity contribution is -0.240. The van der Waals surface area contributed by atoms with Crippen LogP contribution in [0.1, 0.15) is 0 Å². The van der Waals surface area contributed by atoms with Gasteiger partial charge in [-0.15, -0.1) is 0 Å². The van der Waals surface area contributed by atoms with Crippen LogP contribution in [0.3, 0.4) is 0 Å². The Hall–Kier alpha value is -1.09. The Morgan fingerprint density at radius 2 is 1.23 bits per heavy atom. The zero-order chi connectivity index (χ0) is 10.9. The summed E-state index contributed by atoms with van der Waals surface area (Å²) in [5.41, 5.74) is 0. The van der Waals surface area contributed by atoms with Gasteiger partial charge in [0, 0.05) is 0 Å². The molecule has 0 fully saturated rings. The van der Waals surface area contributed by atoms with Crippen LogP contribution in [0.15, 0.2) is 0 Å². The van der Waals surface area contributed by atoms with E-state index in [1.54, 1.807) is 0 Å². The van der Waals surface area contributed by atoms with Crippen molar-refractivity contribution in [2.75, 3.05) is 0 Å². The van der Waals surface area contributed by atoms with Crippen LogP contribution >= 0.6 is 10.4 Å². The Bertz CT molecular complexity index is 268. The number of halogens is 6. The first kappa shape index (κ1) is 11.9.